The lowest BCUT2D eigenvalue weighted by atomic mass is 9.96. The second-order valence-electron chi connectivity index (χ2n) is 9.09. The molecule has 0 unspecified atom stereocenters. The Labute approximate surface area is 184 Å². The van der Waals surface area contributed by atoms with Gasteiger partial charge in [0.1, 0.15) is 5.78 Å². The third-order valence-corrected chi connectivity index (χ3v) is 6.21. The van der Waals surface area contributed by atoms with Gasteiger partial charge >= 0.3 is 0 Å². The molecule has 0 aromatic carbocycles. The maximum absolute atomic E-state index is 11.6. The molecule has 0 radical (unpaired) electrons. The molecule has 2 rings (SSSR count). The zero-order valence-corrected chi connectivity index (χ0v) is 19.7. The number of piperidine rings is 1. The summed E-state index contributed by atoms with van der Waals surface area (Å²) in [6.45, 7) is 19.7. The van der Waals surface area contributed by atoms with E-state index in [1.54, 1.807) is 0 Å². The first kappa shape index (κ1) is 25.7. The highest BCUT2D eigenvalue weighted by Gasteiger charge is 2.24. The molecule has 7 heteroatoms. The van der Waals surface area contributed by atoms with E-state index in [0.717, 1.165) is 58.4 Å². The van der Waals surface area contributed by atoms with Gasteiger partial charge in [-0.05, 0) is 31.8 Å². The van der Waals surface area contributed by atoms with E-state index >= 15 is 0 Å². The van der Waals surface area contributed by atoms with Gasteiger partial charge in [-0.1, -0.05) is 20.8 Å². The van der Waals surface area contributed by atoms with E-state index in [4.69, 9.17) is 9.47 Å². The molecule has 0 saturated carbocycles. The van der Waals surface area contributed by atoms with Gasteiger partial charge < -0.3 is 24.6 Å². The maximum atomic E-state index is 11.6. The summed E-state index contributed by atoms with van der Waals surface area (Å²) in [5, 5.41) is 3.34. The van der Waals surface area contributed by atoms with Crippen molar-refractivity contribution < 1.29 is 14.3 Å². The Hall–Kier alpha value is -0.570. The molecule has 0 aromatic rings. The van der Waals surface area contributed by atoms with Gasteiger partial charge in [0.05, 0.1) is 33.0 Å². The van der Waals surface area contributed by atoms with Crippen molar-refractivity contribution >= 4 is 5.78 Å². The molecule has 0 atom stereocenters. The second-order valence-corrected chi connectivity index (χ2v) is 9.09. The third-order valence-electron chi connectivity index (χ3n) is 6.21. The SMILES string of the molecule is CCC(=O)CN1CCN(CC2CCN(CCOCCOCCNC(C)C)CC2)CC1. The summed E-state index contributed by atoms with van der Waals surface area (Å²) in [5.74, 6) is 1.19. The molecule has 0 aliphatic carbocycles. The van der Waals surface area contributed by atoms with Crippen LogP contribution in [-0.2, 0) is 14.3 Å². The van der Waals surface area contributed by atoms with Crippen LogP contribution in [0, 0.1) is 5.92 Å². The molecule has 0 aromatic heterocycles. The van der Waals surface area contributed by atoms with Crippen molar-refractivity contribution in [3.05, 3.63) is 0 Å². The predicted molar refractivity (Wildman–Crippen MR) is 122 cm³/mol. The van der Waals surface area contributed by atoms with Gasteiger partial charge in [0.25, 0.3) is 0 Å². The molecule has 2 heterocycles. The third kappa shape index (κ3) is 11.2. The van der Waals surface area contributed by atoms with Crippen LogP contribution in [0.4, 0.5) is 0 Å². The van der Waals surface area contributed by atoms with E-state index in [-0.39, 0.29) is 0 Å². The number of hydrogen-bond acceptors (Lipinski definition) is 7. The number of carbonyl (C=O) groups excluding carboxylic acids is 1. The first-order chi connectivity index (χ1) is 14.6. The van der Waals surface area contributed by atoms with Crippen LogP contribution in [0.15, 0.2) is 0 Å². The van der Waals surface area contributed by atoms with E-state index in [0.29, 0.717) is 38.0 Å². The van der Waals surface area contributed by atoms with Crippen molar-refractivity contribution in [2.45, 2.75) is 46.1 Å². The summed E-state index contributed by atoms with van der Waals surface area (Å²) < 4.78 is 11.3. The summed E-state index contributed by atoms with van der Waals surface area (Å²) in [6, 6.07) is 0.515. The standard InChI is InChI=1S/C23H46N4O3/c1-4-23(28)20-27-12-10-26(11-13-27)19-22-5-8-25(9-6-22)14-16-30-18-17-29-15-7-24-21(2)3/h21-22,24H,4-20H2,1-3H3. The van der Waals surface area contributed by atoms with Gasteiger partial charge in [-0.3, -0.25) is 9.69 Å². The molecular formula is C23H46N4O3. The fourth-order valence-electron chi connectivity index (χ4n) is 4.18. The molecule has 0 amide bonds. The van der Waals surface area contributed by atoms with Crippen molar-refractivity contribution in [2.24, 2.45) is 5.92 Å². The number of nitrogens with one attached hydrogen (secondary N) is 1. The molecule has 7 nitrogen and oxygen atoms in total. The van der Waals surface area contributed by atoms with Crippen molar-refractivity contribution in [2.75, 3.05) is 91.9 Å². The highest BCUT2D eigenvalue weighted by molar-refractivity contribution is 5.80. The van der Waals surface area contributed by atoms with Crippen molar-refractivity contribution in [3.63, 3.8) is 0 Å². The van der Waals surface area contributed by atoms with Gasteiger partial charge in [-0.15, -0.1) is 0 Å². The summed E-state index contributed by atoms with van der Waals surface area (Å²) in [7, 11) is 0. The monoisotopic (exact) mass is 426 g/mol. The Morgan fingerprint density at radius 1 is 0.900 bits per heavy atom. The molecule has 2 fully saturated rings. The predicted octanol–water partition coefficient (Wildman–Crippen LogP) is 1.33. The fourth-order valence-corrected chi connectivity index (χ4v) is 4.18. The number of rotatable bonds is 15. The minimum Gasteiger partial charge on any atom is -0.378 e. The van der Waals surface area contributed by atoms with Gasteiger partial charge in [0.15, 0.2) is 0 Å². The molecule has 176 valence electrons. The van der Waals surface area contributed by atoms with Crippen molar-refractivity contribution in [1.29, 1.82) is 0 Å². The number of piperazine rings is 1. The lowest BCUT2D eigenvalue weighted by Crippen LogP contribution is -2.50. The Morgan fingerprint density at radius 3 is 2.17 bits per heavy atom. The van der Waals surface area contributed by atoms with Crippen molar-refractivity contribution in [3.8, 4) is 0 Å². The van der Waals surface area contributed by atoms with Crippen LogP contribution in [0.3, 0.4) is 0 Å². The van der Waals surface area contributed by atoms with Gasteiger partial charge in [-0.2, -0.15) is 0 Å². The largest absolute Gasteiger partial charge is 0.378 e. The van der Waals surface area contributed by atoms with Crippen LogP contribution in [-0.4, -0.2) is 118 Å². The number of ether oxygens (including phenoxy) is 2. The Balaban J connectivity index is 1.43. The first-order valence-corrected chi connectivity index (χ1v) is 12.1. The number of hydrogen-bond donors (Lipinski definition) is 1. The Morgan fingerprint density at radius 2 is 1.53 bits per heavy atom. The smallest absolute Gasteiger partial charge is 0.146 e. The van der Waals surface area contributed by atoms with Gasteiger partial charge in [-0.25, -0.2) is 0 Å². The van der Waals surface area contributed by atoms with Crippen LogP contribution < -0.4 is 5.32 Å². The molecule has 2 aliphatic heterocycles. The normalized spacial score (nSPS) is 20.3. The first-order valence-electron chi connectivity index (χ1n) is 12.1. The van der Waals surface area contributed by atoms with Crippen molar-refractivity contribution in [1.82, 2.24) is 20.0 Å². The molecular weight excluding hydrogens is 380 g/mol. The summed E-state index contributed by atoms with van der Waals surface area (Å²) >= 11 is 0. The van der Waals surface area contributed by atoms with Crippen LogP contribution in [0.5, 0.6) is 0 Å². The number of likely N-dealkylation sites (tertiary alicyclic amines) is 1. The minimum absolute atomic E-state index is 0.367. The molecule has 0 spiro atoms. The zero-order chi connectivity index (χ0) is 21.6. The Kier molecular flexibility index (Phi) is 13.1. The number of carbonyl (C=O) groups is 1. The van der Waals surface area contributed by atoms with Crippen LogP contribution in [0.25, 0.3) is 0 Å². The molecule has 1 N–H and O–H groups in total. The van der Waals surface area contributed by atoms with Crippen LogP contribution >= 0.6 is 0 Å². The zero-order valence-electron chi connectivity index (χ0n) is 19.7. The Bertz CT molecular complexity index is 448. The lowest BCUT2D eigenvalue weighted by molar-refractivity contribution is -0.120. The summed E-state index contributed by atoms with van der Waals surface area (Å²) in [4.78, 5) is 19.1. The van der Waals surface area contributed by atoms with E-state index in [1.165, 1.54) is 32.5 Å². The quantitative estimate of drug-likeness (QED) is 0.397. The number of nitrogens with zero attached hydrogens (tertiary/aromatic N) is 3. The molecule has 2 saturated heterocycles. The van der Waals surface area contributed by atoms with E-state index in [1.807, 2.05) is 6.92 Å². The van der Waals surface area contributed by atoms with Crippen LogP contribution in [0.2, 0.25) is 0 Å². The summed E-state index contributed by atoms with van der Waals surface area (Å²) in [5.41, 5.74) is 0. The average molecular weight is 427 g/mol. The average Bonchev–Trinajstić information content (AvgIpc) is 2.74. The number of ketones is 1. The summed E-state index contributed by atoms with van der Waals surface area (Å²) in [6.07, 6.45) is 3.24. The molecule has 2 aliphatic rings. The minimum atomic E-state index is 0.367. The lowest BCUT2D eigenvalue weighted by Gasteiger charge is -2.38. The van der Waals surface area contributed by atoms with Gasteiger partial charge in [0, 0.05) is 58.3 Å². The van der Waals surface area contributed by atoms with Crippen LogP contribution in [0.1, 0.15) is 40.0 Å². The highest BCUT2D eigenvalue weighted by atomic mass is 16.5. The van der Waals surface area contributed by atoms with Gasteiger partial charge in [0.2, 0.25) is 0 Å². The second kappa shape index (κ2) is 15.3. The van der Waals surface area contributed by atoms with E-state index in [9.17, 15) is 4.79 Å². The highest BCUT2D eigenvalue weighted by Crippen LogP contribution is 2.19. The number of Topliss-reactive ketones (excluding diaryl/α,β-unsaturated/α-hetero) is 1. The fraction of sp³-hybridized carbons (Fsp3) is 0.957. The molecule has 30 heavy (non-hydrogen) atoms. The van der Waals surface area contributed by atoms with E-state index in [2.05, 4.69) is 33.9 Å². The topological polar surface area (TPSA) is 57.3 Å². The maximum Gasteiger partial charge on any atom is 0.146 e. The molecule has 0 bridgehead atoms. The van der Waals surface area contributed by atoms with E-state index < -0.39 is 0 Å².